The van der Waals surface area contributed by atoms with Crippen LogP contribution in [0.5, 0.6) is 0 Å². The van der Waals surface area contributed by atoms with E-state index in [1.807, 2.05) is 4.90 Å². The Labute approximate surface area is 141 Å². The van der Waals surface area contributed by atoms with Gasteiger partial charge in [0.15, 0.2) is 0 Å². The molecular formula is C14H20F3N5OS. The first-order valence-corrected chi connectivity index (χ1v) is 8.92. The fourth-order valence-corrected chi connectivity index (χ4v) is 3.89. The fourth-order valence-electron chi connectivity index (χ4n) is 3.14. The molecule has 2 fully saturated rings. The van der Waals surface area contributed by atoms with Crippen molar-refractivity contribution in [1.29, 1.82) is 0 Å². The van der Waals surface area contributed by atoms with E-state index in [1.54, 1.807) is 0 Å². The average molecular weight is 363 g/mol. The summed E-state index contributed by atoms with van der Waals surface area (Å²) in [6.45, 7) is 2.66. The van der Waals surface area contributed by atoms with Crippen molar-refractivity contribution in [3.8, 4) is 0 Å². The lowest BCUT2D eigenvalue weighted by Crippen LogP contribution is -2.45. The summed E-state index contributed by atoms with van der Waals surface area (Å²) >= 11 is 0.575. The SMILES string of the molecule is O=C(NCC1CCCN(c2nnc(C(F)(F)F)s2)C1)C1CCCN1. The monoisotopic (exact) mass is 363 g/mol. The molecule has 0 aromatic carbocycles. The number of carbonyl (C=O) groups is 1. The highest BCUT2D eigenvalue weighted by molar-refractivity contribution is 7.15. The molecule has 2 N–H and O–H groups in total. The molecule has 1 aromatic rings. The molecule has 6 nitrogen and oxygen atoms in total. The first-order chi connectivity index (χ1) is 11.4. The van der Waals surface area contributed by atoms with Crippen LogP contribution in [0.25, 0.3) is 0 Å². The van der Waals surface area contributed by atoms with E-state index in [9.17, 15) is 18.0 Å². The molecule has 134 valence electrons. The van der Waals surface area contributed by atoms with Gasteiger partial charge >= 0.3 is 6.18 Å². The van der Waals surface area contributed by atoms with Gasteiger partial charge in [-0.1, -0.05) is 11.3 Å². The Bertz CT molecular complexity index is 573. The number of hydrogen-bond acceptors (Lipinski definition) is 6. The van der Waals surface area contributed by atoms with Crippen LogP contribution in [0.2, 0.25) is 0 Å². The van der Waals surface area contributed by atoms with E-state index in [-0.39, 0.29) is 17.9 Å². The number of hydrogen-bond donors (Lipinski definition) is 2. The highest BCUT2D eigenvalue weighted by Crippen LogP contribution is 2.35. The van der Waals surface area contributed by atoms with Crippen LogP contribution in [0.4, 0.5) is 18.3 Å². The zero-order chi connectivity index (χ0) is 17.2. The third-order valence-corrected chi connectivity index (χ3v) is 5.42. The van der Waals surface area contributed by atoms with Crippen molar-refractivity contribution in [3.63, 3.8) is 0 Å². The van der Waals surface area contributed by atoms with E-state index < -0.39 is 11.2 Å². The second-order valence-electron chi connectivity index (χ2n) is 6.24. The van der Waals surface area contributed by atoms with Crippen molar-refractivity contribution in [1.82, 2.24) is 20.8 Å². The molecule has 1 amide bonds. The largest absolute Gasteiger partial charge is 0.445 e. The van der Waals surface area contributed by atoms with Crippen LogP contribution in [0.1, 0.15) is 30.7 Å². The van der Waals surface area contributed by atoms with Gasteiger partial charge in [-0.3, -0.25) is 4.79 Å². The van der Waals surface area contributed by atoms with Gasteiger partial charge in [-0.15, -0.1) is 10.2 Å². The number of carbonyl (C=O) groups excluding carboxylic acids is 1. The normalized spacial score (nSPS) is 25.0. The number of alkyl halides is 3. The van der Waals surface area contributed by atoms with E-state index in [0.29, 0.717) is 36.1 Å². The van der Waals surface area contributed by atoms with Crippen LogP contribution in [0, 0.1) is 5.92 Å². The van der Waals surface area contributed by atoms with E-state index >= 15 is 0 Å². The summed E-state index contributed by atoms with van der Waals surface area (Å²) in [6, 6.07) is -0.109. The number of halogens is 3. The zero-order valence-electron chi connectivity index (χ0n) is 13.1. The van der Waals surface area contributed by atoms with Gasteiger partial charge in [-0.05, 0) is 38.1 Å². The molecule has 2 unspecified atom stereocenters. The van der Waals surface area contributed by atoms with Crippen LogP contribution in [0.15, 0.2) is 0 Å². The van der Waals surface area contributed by atoms with Gasteiger partial charge < -0.3 is 15.5 Å². The average Bonchev–Trinajstić information content (AvgIpc) is 3.23. The molecule has 3 heterocycles. The molecule has 1 aromatic heterocycles. The number of anilines is 1. The summed E-state index contributed by atoms with van der Waals surface area (Å²) in [4.78, 5) is 13.9. The third-order valence-electron chi connectivity index (χ3n) is 4.39. The molecular weight excluding hydrogens is 343 g/mol. The minimum absolute atomic E-state index is 0.0138. The van der Waals surface area contributed by atoms with Gasteiger partial charge in [0.1, 0.15) is 0 Å². The zero-order valence-corrected chi connectivity index (χ0v) is 13.9. The second-order valence-corrected chi connectivity index (χ2v) is 7.19. The number of rotatable bonds is 4. The summed E-state index contributed by atoms with van der Waals surface area (Å²) in [7, 11) is 0. The molecule has 3 rings (SSSR count). The molecule has 2 aliphatic rings. The first-order valence-electron chi connectivity index (χ1n) is 8.10. The lowest BCUT2D eigenvalue weighted by Gasteiger charge is -2.32. The number of nitrogens with one attached hydrogen (secondary N) is 2. The molecule has 2 atom stereocenters. The fraction of sp³-hybridized carbons (Fsp3) is 0.786. The highest BCUT2D eigenvalue weighted by Gasteiger charge is 2.36. The van der Waals surface area contributed by atoms with Crippen LogP contribution in [0.3, 0.4) is 0 Å². The van der Waals surface area contributed by atoms with Crippen LogP contribution in [-0.2, 0) is 11.0 Å². The van der Waals surface area contributed by atoms with E-state index in [1.165, 1.54) is 0 Å². The van der Waals surface area contributed by atoms with E-state index in [2.05, 4.69) is 20.8 Å². The predicted molar refractivity (Wildman–Crippen MR) is 83.9 cm³/mol. The van der Waals surface area contributed by atoms with Crippen molar-refractivity contribution in [2.24, 2.45) is 5.92 Å². The van der Waals surface area contributed by atoms with E-state index in [0.717, 1.165) is 32.2 Å². The smallest absolute Gasteiger partial charge is 0.354 e. The topological polar surface area (TPSA) is 70.2 Å². The third kappa shape index (κ3) is 4.15. The van der Waals surface area contributed by atoms with Crippen LogP contribution >= 0.6 is 11.3 Å². The van der Waals surface area contributed by atoms with Gasteiger partial charge in [0, 0.05) is 19.6 Å². The lowest BCUT2D eigenvalue weighted by molar-refractivity contribution is -0.138. The van der Waals surface area contributed by atoms with Gasteiger partial charge in [-0.25, -0.2) is 0 Å². The number of aromatic nitrogens is 2. The minimum atomic E-state index is -4.45. The maximum Gasteiger partial charge on any atom is 0.445 e. The number of piperidine rings is 1. The van der Waals surface area contributed by atoms with Crippen LogP contribution in [-0.4, -0.2) is 48.3 Å². The molecule has 0 aliphatic carbocycles. The lowest BCUT2D eigenvalue weighted by atomic mass is 9.98. The number of nitrogens with zero attached hydrogens (tertiary/aromatic N) is 3. The molecule has 2 aliphatic heterocycles. The van der Waals surface area contributed by atoms with Crippen molar-refractivity contribution >= 4 is 22.4 Å². The Kier molecular flexibility index (Phi) is 5.24. The van der Waals surface area contributed by atoms with E-state index in [4.69, 9.17) is 0 Å². The maximum absolute atomic E-state index is 12.6. The number of amides is 1. The van der Waals surface area contributed by atoms with Crippen molar-refractivity contribution < 1.29 is 18.0 Å². The molecule has 0 saturated carbocycles. The van der Waals surface area contributed by atoms with Crippen LogP contribution < -0.4 is 15.5 Å². The van der Waals surface area contributed by atoms with Crippen molar-refractivity contribution in [2.75, 3.05) is 31.1 Å². The second kappa shape index (κ2) is 7.22. The molecule has 0 radical (unpaired) electrons. The van der Waals surface area contributed by atoms with Crippen molar-refractivity contribution in [2.45, 2.75) is 37.9 Å². The standard InChI is InChI=1S/C14H20F3N5OS/c15-14(16,17)12-20-21-13(24-12)22-6-2-3-9(8-22)7-19-11(23)10-4-1-5-18-10/h9-10,18H,1-8H2,(H,19,23). The molecule has 0 spiro atoms. The Morgan fingerprint density at radius 2 is 2.17 bits per heavy atom. The predicted octanol–water partition coefficient (Wildman–Crippen LogP) is 1.64. The Balaban J connectivity index is 1.52. The van der Waals surface area contributed by atoms with Gasteiger partial charge in [0.25, 0.3) is 0 Å². The first kappa shape index (κ1) is 17.4. The van der Waals surface area contributed by atoms with Gasteiger partial charge in [0.05, 0.1) is 6.04 Å². The summed E-state index contributed by atoms with van der Waals surface area (Å²) in [5, 5.41) is 12.4. The Morgan fingerprint density at radius 3 is 2.83 bits per heavy atom. The highest BCUT2D eigenvalue weighted by atomic mass is 32.1. The summed E-state index contributed by atoms with van der Waals surface area (Å²) < 4.78 is 37.9. The Hall–Kier alpha value is -1.42. The molecule has 24 heavy (non-hydrogen) atoms. The minimum Gasteiger partial charge on any atom is -0.354 e. The molecule has 2 saturated heterocycles. The molecule has 0 bridgehead atoms. The summed E-state index contributed by atoms with van der Waals surface area (Å²) in [5.41, 5.74) is 0. The van der Waals surface area contributed by atoms with Gasteiger partial charge in [-0.2, -0.15) is 13.2 Å². The maximum atomic E-state index is 12.6. The molecule has 10 heteroatoms. The Morgan fingerprint density at radius 1 is 1.33 bits per heavy atom. The van der Waals surface area contributed by atoms with Crippen molar-refractivity contribution in [3.05, 3.63) is 5.01 Å². The quantitative estimate of drug-likeness (QED) is 0.851. The van der Waals surface area contributed by atoms with Gasteiger partial charge in [0.2, 0.25) is 16.0 Å². The summed E-state index contributed by atoms with van der Waals surface area (Å²) in [5.74, 6) is 0.224. The summed E-state index contributed by atoms with van der Waals surface area (Å²) in [6.07, 6.45) is -0.780.